The van der Waals surface area contributed by atoms with Crippen molar-refractivity contribution in [3.8, 4) is 11.5 Å². The van der Waals surface area contributed by atoms with Gasteiger partial charge in [0.15, 0.2) is 5.78 Å². The Balaban J connectivity index is 1.40. The van der Waals surface area contributed by atoms with Crippen molar-refractivity contribution in [2.24, 2.45) is 0 Å². The maximum atomic E-state index is 13.5. The molecule has 0 aliphatic rings. The van der Waals surface area contributed by atoms with Crippen molar-refractivity contribution < 1.29 is 19.4 Å². The number of aliphatic hydroxyl groups is 1. The van der Waals surface area contributed by atoms with Crippen molar-refractivity contribution in [2.75, 3.05) is 13.2 Å². The molecule has 0 amide bonds. The first kappa shape index (κ1) is 26.1. The van der Waals surface area contributed by atoms with Gasteiger partial charge in [-0.05, 0) is 53.4 Å². The van der Waals surface area contributed by atoms with E-state index in [2.05, 4.69) is 5.32 Å². The lowest BCUT2D eigenvalue weighted by Crippen LogP contribution is -2.48. The summed E-state index contributed by atoms with van der Waals surface area (Å²) >= 11 is 0. The minimum absolute atomic E-state index is 0.0110. The standard InChI is InChI=1S/C32H33NO4/c1-32(33-20-21-34,28-14-18-30(19-15-28)37-24-27-10-6-3-7-11-27)31(35)22-25-12-16-29(17-13-25)36-23-26-8-4-2-5-9-26/h2-19,33-34H,20-24H2,1H3. The van der Waals surface area contributed by atoms with Gasteiger partial charge in [0.1, 0.15) is 30.3 Å². The molecule has 4 aromatic rings. The van der Waals surface area contributed by atoms with Crippen LogP contribution in [0.2, 0.25) is 0 Å². The van der Waals surface area contributed by atoms with Gasteiger partial charge in [-0.3, -0.25) is 10.1 Å². The lowest BCUT2D eigenvalue weighted by Gasteiger charge is -2.30. The first-order valence-corrected chi connectivity index (χ1v) is 12.5. The highest BCUT2D eigenvalue weighted by molar-refractivity contribution is 5.91. The van der Waals surface area contributed by atoms with Crippen LogP contribution in [0.25, 0.3) is 0 Å². The van der Waals surface area contributed by atoms with Gasteiger partial charge in [-0.25, -0.2) is 0 Å². The second-order valence-electron chi connectivity index (χ2n) is 9.09. The van der Waals surface area contributed by atoms with Crippen molar-refractivity contribution in [3.63, 3.8) is 0 Å². The summed E-state index contributed by atoms with van der Waals surface area (Å²) < 4.78 is 11.8. The van der Waals surface area contributed by atoms with Gasteiger partial charge in [-0.15, -0.1) is 0 Å². The maximum Gasteiger partial charge on any atom is 0.161 e. The Bertz CT molecular complexity index is 1240. The molecule has 0 radical (unpaired) electrons. The number of ketones is 1. The second kappa shape index (κ2) is 12.9. The second-order valence-corrected chi connectivity index (χ2v) is 9.09. The van der Waals surface area contributed by atoms with Crippen LogP contribution in [0.1, 0.15) is 29.2 Å². The maximum absolute atomic E-state index is 13.5. The number of aliphatic hydroxyl groups excluding tert-OH is 1. The van der Waals surface area contributed by atoms with Gasteiger partial charge >= 0.3 is 0 Å². The normalized spacial score (nSPS) is 12.5. The van der Waals surface area contributed by atoms with Crippen LogP contribution in [0.3, 0.4) is 0 Å². The molecule has 0 saturated carbocycles. The lowest BCUT2D eigenvalue weighted by atomic mass is 9.84. The summed E-state index contributed by atoms with van der Waals surface area (Å²) in [5, 5.41) is 12.7. The largest absolute Gasteiger partial charge is 0.489 e. The highest BCUT2D eigenvalue weighted by Crippen LogP contribution is 2.27. The summed E-state index contributed by atoms with van der Waals surface area (Å²) in [6, 6.07) is 35.2. The number of hydrogen-bond acceptors (Lipinski definition) is 5. The van der Waals surface area contributed by atoms with Crippen molar-refractivity contribution in [3.05, 3.63) is 131 Å². The Morgan fingerprint density at radius 2 is 1.19 bits per heavy atom. The highest BCUT2D eigenvalue weighted by atomic mass is 16.5. The van der Waals surface area contributed by atoms with E-state index in [9.17, 15) is 9.90 Å². The average Bonchev–Trinajstić information content (AvgIpc) is 2.96. The van der Waals surface area contributed by atoms with Crippen molar-refractivity contribution in [2.45, 2.75) is 32.1 Å². The highest BCUT2D eigenvalue weighted by Gasteiger charge is 2.34. The Kier molecular flexibility index (Phi) is 9.08. The molecule has 4 aromatic carbocycles. The molecule has 0 spiro atoms. The van der Waals surface area contributed by atoms with E-state index in [1.165, 1.54) is 0 Å². The summed E-state index contributed by atoms with van der Waals surface area (Å²) in [6.45, 7) is 3.08. The number of hydrogen-bond donors (Lipinski definition) is 2. The number of nitrogens with one attached hydrogen (secondary N) is 1. The zero-order valence-electron chi connectivity index (χ0n) is 21.1. The number of benzene rings is 4. The smallest absolute Gasteiger partial charge is 0.161 e. The van der Waals surface area contributed by atoms with Gasteiger partial charge in [0, 0.05) is 13.0 Å². The molecule has 0 bridgehead atoms. The monoisotopic (exact) mass is 495 g/mol. The van der Waals surface area contributed by atoms with Crippen molar-refractivity contribution in [1.82, 2.24) is 5.32 Å². The third-order valence-electron chi connectivity index (χ3n) is 6.36. The predicted molar refractivity (Wildman–Crippen MR) is 146 cm³/mol. The van der Waals surface area contributed by atoms with E-state index in [1.807, 2.05) is 116 Å². The van der Waals surface area contributed by atoms with E-state index in [-0.39, 0.29) is 18.8 Å². The number of ether oxygens (including phenoxy) is 2. The first-order chi connectivity index (χ1) is 18.1. The molecule has 0 aliphatic carbocycles. The quantitative estimate of drug-likeness (QED) is 0.258. The average molecular weight is 496 g/mol. The minimum atomic E-state index is -0.955. The molecular formula is C32H33NO4. The fraction of sp³-hybridized carbons (Fsp3) is 0.219. The summed E-state index contributed by atoms with van der Waals surface area (Å²) in [5.41, 5.74) is 2.96. The van der Waals surface area contributed by atoms with Gasteiger partial charge < -0.3 is 14.6 Å². The molecule has 4 rings (SSSR count). The molecule has 5 heteroatoms. The van der Waals surface area contributed by atoms with Crippen LogP contribution < -0.4 is 14.8 Å². The van der Waals surface area contributed by atoms with Gasteiger partial charge in [0.05, 0.1) is 6.61 Å². The third kappa shape index (κ3) is 7.29. The Morgan fingerprint density at radius 3 is 1.68 bits per heavy atom. The fourth-order valence-corrected chi connectivity index (χ4v) is 4.10. The van der Waals surface area contributed by atoms with Gasteiger partial charge in [-0.1, -0.05) is 84.9 Å². The molecule has 1 unspecified atom stereocenters. The van der Waals surface area contributed by atoms with Crippen molar-refractivity contribution >= 4 is 5.78 Å². The van der Waals surface area contributed by atoms with Crippen LogP contribution in [0.4, 0.5) is 0 Å². The first-order valence-electron chi connectivity index (χ1n) is 12.5. The Morgan fingerprint density at radius 1 is 0.703 bits per heavy atom. The topological polar surface area (TPSA) is 67.8 Å². The number of carbonyl (C=O) groups is 1. The molecule has 5 nitrogen and oxygen atoms in total. The summed E-state index contributed by atoms with van der Waals surface area (Å²) in [6.07, 6.45) is 0.250. The zero-order chi connectivity index (χ0) is 25.9. The molecule has 2 N–H and O–H groups in total. The van der Waals surface area contributed by atoms with E-state index in [4.69, 9.17) is 9.47 Å². The molecule has 0 fully saturated rings. The Hall–Kier alpha value is -3.93. The molecule has 1 atom stereocenters. The molecule has 0 saturated heterocycles. The fourth-order valence-electron chi connectivity index (χ4n) is 4.10. The van der Waals surface area contributed by atoms with E-state index >= 15 is 0 Å². The van der Waals surface area contributed by atoms with Crippen LogP contribution >= 0.6 is 0 Å². The number of carbonyl (C=O) groups excluding carboxylic acids is 1. The number of rotatable bonds is 13. The minimum Gasteiger partial charge on any atom is -0.489 e. The summed E-state index contributed by atoms with van der Waals surface area (Å²) in [5.74, 6) is 1.50. The van der Waals surface area contributed by atoms with Crippen LogP contribution in [-0.2, 0) is 30.0 Å². The van der Waals surface area contributed by atoms with Crippen LogP contribution in [0, 0.1) is 0 Å². The van der Waals surface area contributed by atoms with Gasteiger partial charge in [0.2, 0.25) is 0 Å². The van der Waals surface area contributed by atoms with Gasteiger partial charge in [-0.2, -0.15) is 0 Å². The molecular weight excluding hydrogens is 462 g/mol. The van der Waals surface area contributed by atoms with Crippen molar-refractivity contribution in [1.29, 1.82) is 0 Å². The molecule has 37 heavy (non-hydrogen) atoms. The molecule has 190 valence electrons. The van der Waals surface area contributed by atoms with Crippen LogP contribution in [-0.4, -0.2) is 24.0 Å². The number of Topliss-reactive ketones (excluding diaryl/α,β-unsaturated/α-hetero) is 1. The molecule has 0 heterocycles. The van der Waals surface area contributed by atoms with E-state index < -0.39 is 5.54 Å². The van der Waals surface area contributed by atoms with E-state index in [0.717, 1.165) is 33.8 Å². The van der Waals surface area contributed by atoms with E-state index in [1.54, 1.807) is 0 Å². The third-order valence-corrected chi connectivity index (χ3v) is 6.36. The Labute approximate surface area is 218 Å². The summed E-state index contributed by atoms with van der Waals surface area (Å²) in [7, 11) is 0. The van der Waals surface area contributed by atoms with E-state index in [0.29, 0.717) is 19.8 Å². The predicted octanol–water partition coefficient (Wildman–Crippen LogP) is 5.45. The SMILES string of the molecule is CC(NCCO)(C(=O)Cc1ccc(OCc2ccccc2)cc1)c1ccc(OCc2ccccc2)cc1. The van der Waals surface area contributed by atoms with Crippen LogP contribution in [0.5, 0.6) is 11.5 Å². The zero-order valence-corrected chi connectivity index (χ0v) is 21.1. The lowest BCUT2D eigenvalue weighted by molar-refractivity contribution is -0.124. The summed E-state index contributed by atoms with van der Waals surface area (Å²) in [4.78, 5) is 13.5. The van der Waals surface area contributed by atoms with Crippen LogP contribution in [0.15, 0.2) is 109 Å². The van der Waals surface area contributed by atoms with Gasteiger partial charge in [0.25, 0.3) is 0 Å². The molecule has 0 aromatic heterocycles. The molecule has 0 aliphatic heterocycles.